The molecule has 1 fully saturated rings. The zero-order valence-electron chi connectivity index (χ0n) is 16.7. The van der Waals surface area contributed by atoms with Gasteiger partial charge in [0, 0.05) is 11.6 Å². The van der Waals surface area contributed by atoms with Crippen LogP contribution in [-0.4, -0.2) is 17.5 Å². The molecule has 6 rings (SSSR count). The number of benzene rings is 3. The summed E-state index contributed by atoms with van der Waals surface area (Å²) in [5.41, 5.74) is 0.862. The van der Waals surface area contributed by atoms with Crippen LogP contribution in [0.4, 0.5) is 15.8 Å². The molecule has 0 saturated heterocycles. The average Bonchev–Trinajstić information content (AvgIpc) is 3.23. The number of hydrogen-bond donors (Lipinski definition) is 1. The molecule has 1 aliphatic carbocycles. The highest BCUT2D eigenvalue weighted by Crippen LogP contribution is 2.79. The van der Waals surface area contributed by atoms with Crippen molar-refractivity contribution in [2.45, 2.75) is 18.3 Å². The molecule has 1 saturated carbocycles. The number of hydrazone groups is 1. The predicted octanol–water partition coefficient (Wildman–Crippen LogP) is 4.22. The van der Waals surface area contributed by atoms with Crippen molar-refractivity contribution >= 4 is 28.9 Å². The summed E-state index contributed by atoms with van der Waals surface area (Å²) in [7, 11) is 0. The third kappa shape index (κ3) is 1.97. The Morgan fingerprint density at radius 2 is 1.61 bits per heavy atom. The Balaban J connectivity index is 1.60. The molecule has 1 unspecified atom stereocenters. The fraction of sp³-hybridized carbons (Fsp3) is 0.160. The summed E-state index contributed by atoms with van der Waals surface area (Å²) < 4.78 is 13.9. The zero-order chi connectivity index (χ0) is 21.4. The maximum Gasteiger partial charge on any atom is 0.261 e. The van der Waals surface area contributed by atoms with Crippen LogP contribution in [-0.2, 0) is 15.0 Å². The van der Waals surface area contributed by atoms with E-state index in [-0.39, 0.29) is 11.8 Å². The van der Waals surface area contributed by atoms with E-state index < -0.39 is 22.6 Å². The number of nitrogens with zero attached hydrogens (tertiary/aromatic N) is 2. The molecular formula is C25H18FN3O2. The van der Waals surface area contributed by atoms with Crippen LogP contribution in [0.5, 0.6) is 0 Å². The number of anilines is 2. The topological polar surface area (TPSA) is 61.8 Å². The smallest absolute Gasteiger partial charge is 0.261 e. The Bertz CT molecular complexity index is 1290. The van der Waals surface area contributed by atoms with Crippen LogP contribution in [0.15, 0.2) is 84.0 Å². The molecule has 31 heavy (non-hydrogen) atoms. The molecule has 0 bridgehead atoms. The van der Waals surface area contributed by atoms with Gasteiger partial charge in [0.05, 0.1) is 11.4 Å². The van der Waals surface area contributed by atoms with Gasteiger partial charge >= 0.3 is 0 Å². The van der Waals surface area contributed by atoms with Gasteiger partial charge in [-0.25, -0.2) is 4.39 Å². The van der Waals surface area contributed by atoms with Crippen LogP contribution in [0.25, 0.3) is 0 Å². The van der Waals surface area contributed by atoms with Crippen molar-refractivity contribution in [2.75, 3.05) is 10.3 Å². The largest absolute Gasteiger partial charge is 0.325 e. The molecule has 2 heterocycles. The Kier molecular flexibility index (Phi) is 3.41. The molecule has 3 atom stereocenters. The summed E-state index contributed by atoms with van der Waals surface area (Å²) in [6, 6.07) is 23.0. The van der Waals surface area contributed by atoms with Gasteiger partial charge in [-0.15, -0.1) is 0 Å². The number of para-hydroxylation sites is 1. The van der Waals surface area contributed by atoms with E-state index in [0.717, 1.165) is 5.56 Å². The van der Waals surface area contributed by atoms with Crippen molar-refractivity contribution in [3.8, 4) is 0 Å². The lowest BCUT2D eigenvalue weighted by Crippen LogP contribution is -2.37. The summed E-state index contributed by atoms with van der Waals surface area (Å²) >= 11 is 0. The van der Waals surface area contributed by atoms with Gasteiger partial charge in [-0.05, 0) is 42.3 Å². The molecular weight excluding hydrogens is 393 g/mol. The van der Waals surface area contributed by atoms with Crippen LogP contribution in [0.3, 0.4) is 0 Å². The van der Waals surface area contributed by atoms with Crippen molar-refractivity contribution in [3.63, 3.8) is 0 Å². The van der Waals surface area contributed by atoms with Gasteiger partial charge in [0.2, 0.25) is 5.91 Å². The predicted molar refractivity (Wildman–Crippen MR) is 115 cm³/mol. The lowest BCUT2D eigenvalue weighted by Gasteiger charge is -2.17. The maximum absolute atomic E-state index is 14.0. The van der Waals surface area contributed by atoms with Crippen molar-refractivity contribution in [3.05, 3.63) is 95.8 Å². The molecule has 2 amide bonds. The Morgan fingerprint density at radius 3 is 2.32 bits per heavy atom. The van der Waals surface area contributed by atoms with Crippen molar-refractivity contribution in [1.29, 1.82) is 0 Å². The first-order valence-corrected chi connectivity index (χ1v) is 10.1. The van der Waals surface area contributed by atoms with Crippen molar-refractivity contribution in [2.24, 2.45) is 10.5 Å². The molecule has 152 valence electrons. The molecule has 5 nitrogen and oxygen atoms in total. The monoisotopic (exact) mass is 411 g/mol. The lowest BCUT2D eigenvalue weighted by molar-refractivity contribution is -0.125. The minimum atomic E-state index is -1.16. The first-order chi connectivity index (χ1) is 15.0. The normalized spacial score (nSPS) is 28.1. The number of carbonyl (C=O) groups excluding carboxylic acids is 2. The van der Waals surface area contributed by atoms with Gasteiger partial charge < -0.3 is 5.32 Å². The van der Waals surface area contributed by atoms with E-state index in [1.807, 2.05) is 60.7 Å². The van der Waals surface area contributed by atoms with Crippen LogP contribution < -0.4 is 10.3 Å². The summed E-state index contributed by atoms with van der Waals surface area (Å²) in [5, 5.41) is 8.85. The Morgan fingerprint density at radius 1 is 0.935 bits per heavy atom. The Hall–Kier alpha value is -3.80. The second kappa shape index (κ2) is 5.88. The van der Waals surface area contributed by atoms with Crippen molar-refractivity contribution < 1.29 is 14.0 Å². The van der Waals surface area contributed by atoms with Gasteiger partial charge in [0.1, 0.15) is 16.6 Å². The van der Waals surface area contributed by atoms with E-state index in [4.69, 9.17) is 0 Å². The van der Waals surface area contributed by atoms with Crippen molar-refractivity contribution in [1.82, 2.24) is 0 Å². The Labute approximate surface area is 178 Å². The average molecular weight is 411 g/mol. The molecule has 6 heteroatoms. The number of amides is 2. The second-order valence-electron chi connectivity index (χ2n) is 8.24. The molecule has 3 aliphatic rings. The fourth-order valence-electron chi connectivity index (χ4n) is 5.73. The summed E-state index contributed by atoms with van der Waals surface area (Å²) in [4.78, 5) is 27.6. The molecule has 1 N–H and O–H groups in total. The number of carbonyl (C=O) groups is 2. The highest BCUT2D eigenvalue weighted by atomic mass is 19.1. The van der Waals surface area contributed by atoms with Crippen LogP contribution >= 0.6 is 0 Å². The number of rotatable bonds is 2. The van der Waals surface area contributed by atoms with Crippen LogP contribution in [0, 0.1) is 11.2 Å². The minimum absolute atomic E-state index is 0.239. The zero-order valence-corrected chi connectivity index (χ0v) is 16.7. The third-order valence-corrected chi connectivity index (χ3v) is 6.90. The highest BCUT2D eigenvalue weighted by molar-refractivity contribution is 6.31. The summed E-state index contributed by atoms with van der Waals surface area (Å²) in [6.45, 7) is 1.81. The minimum Gasteiger partial charge on any atom is -0.325 e. The lowest BCUT2D eigenvalue weighted by atomic mass is 9.84. The standard InChI is InChI=1S/C25H18FN3O2/c1-15-24(23(31)29(28-15)18-10-6-3-7-11-18)21(16-8-4-2-5-9-16)25(24)19-13-12-17(26)14-20(19)27-22(25)30/h2-14,21H,1H3,(H,27,30)/t21?,24-,25-/m0/s1. The number of nitrogens with one attached hydrogen (secondary N) is 1. The van der Waals surface area contributed by atoms with E-state index in [1.54, 1.807) is 13.0 Å². The SMILES string of the molecule is CC1=NN(c2ccccc2)C(=O)[C@@]12C(c1ccccc1)[C@@]21C(=O)Nc2cc(F)ccc21. The molecule has 2 spiro atoms. The van der Waals surface area contributed by atoms with E-state index in [9.17, 15) is 14.0 Å². The van der Waals surface area contributed by atoms with Gasteiger partial charge in [-0.3, -0.25) is 9.59 Å². The second-order valence-corrected chi connectivity index (χ2v) is 8.24. The van der Waals surface area contributed by atoms with Crippen LogP contribution in [0.1, 0.15) is 24.0 Å². The van der Waals surface area contributed by atoms with E-state index in [1.165, 1.54) is 17.1 Å². The number of halogens is 1. The molecule has 3 aromatic carbocycles. The number of hydrogen-bond acceptors (Lipinski definition) is 3. The van der Waals surface area contributed by atoms with Gasteiger partial charge in [-0.2, -0.15) is 10.1 Å². The quantitative estimate of drug-likeness (QED) is 0.686. The maximum atomic E-state index is 14.0. The molecule has 3 aromatic rings. The number of fused-ring (bicyclic) bond motifs is 3. The van der Waals surface area contributed by atoms with Gasteiger partial charge in [0.25, 0.3) is 5.91 Å². The van der Waals surface area contributed by atoms with Crippen LogP contribution in [0.2, 0.25) is 0 Å². The highest BCUT2D eigenvalue weighted by Gasteiger charge is 2.89. The first kappa shape index (κ1) is 18.0. The van der Waals surface area contributed by atoms with E-state index >= 15 is 0 Å². The third-order valence-electron chi connectivity index (χ3n) is 6.90. The van der Waals surface area contributed by atoms with E-state index in [0.29, 0.717) is 22.6 Å². The summed E-state index contributed by atoms with van der Waals surface area (Å²) in [6.07, 6.45) is 0. The summed E-state index contributed by atoms with van der Waals surface area (Å²) in [5.74, 6) is -1.40. The fourth-order valence-corrected chi connectivity index (χ4v) is 5.73. The molecule has 0 radical (unpaired) electrons. The van der Waals surface area contributed by atoms with E-state index in [2.05, 4.69) is 10.4 Å². The molecule has 2 aliphatic heterocycles. The molecule has 0 aromatic heterocycles. The van der Waals surface area contributed by atoms with Gasteiger partial charge in [0.15, 0.2) is 0 Å². The first-order valence-electron chi connectivity index (χ1n) is 10.1. The van der Waals surface area contributed by atoms with Gasteiger partial charge in [-0.1, -0.05) is 54.6 Å².